The third kappa shape index (κ3) is 3.87. The Hall–Kier alpha value is -0.260. The molecule has 5 heteroatoms. The average molecular weight is 271 g/mol. The van der Waals surface area contributed by atoms with Gasteiger partial charge in [-0.15, -0.1) is 0 Å². The Morgan fingerprint density at radius 2 is 1.78 bits per heavy atom. The van der Waals surface area contributed by atoms with Gasteiger partial charge >= 0.3 is 0 Å². The summed E-state index contributed by atoms with van der Waals surface area (Å²) in [5, 5.41) is 1.12. The summed E-state index contributed by atoms with van der Waals surface area (Å²) < 4.78 is 0. The lowest BCUT2D eigenvalue weighted by Gasteiger charge is -2.37. The summed E-state index contributed by atoms with van der Waals surface area (Å²) in [6, 6.07) is 0.336. The number of hydrogen-bond acceptors (Lipinski definition) is 4. The molecule has 18 heavy (non-hydrogen) atoms. The molecule has 0 aromatic rings. The van der Waals surface area contributed by atoms with E-state index in [1.165, 1.54) is 0 Å². The van der Waals surface area contributed by atoms with Gasteiger partial charge in [0.1, 0.15) is 0 Å². The maximum atomic E-state index is 12.3. The quantitative estimate of drug-likeness (QED) is 0.806. The average Bonchev–Trinajstić information content (AvgIpc) is 2.31. The highest BCUT2D eigenvalue weighted by Crippen LogP contribution is 2.24. The highest BCUT2D eigenvalue weighted by atomic mass is 32.2. The second kappa shape index (κ2) is 6.26. The minimum absolute atomic E-state index is 0.296. The fourth-order valence-electron chi connectivity index (χ4n) is 2.78. The third-order valence-electron chi connectivity index (χ3n) is 3.76. The van der Waals surface area contributed by atoms with Crippen molar-refractivity contribution < 1.29 is 4.79 Å². The molecule has 1 amide bonds. The minimum Gasteiger partial charge on any atom is -0.339 e. The largest absolute Gasteiger partial charge is 0.339 e. The Labute approximate surface area is 114 Å². The topological polar surface area (TPSA) is 49.6 Å². The van der Waals surface area contributed by atoms with Crippen LogP contribution in [0.5, 0.6) is 0 Å². The number of piperidine rings is 1. The van der Waals surface area contributed by atoms with Gasteiger partial charge in [0.2, 0.25) is 5.91 Å². The van der Waals surface area contributed by atoms with E-state index in [1.807, 2.05) is 16.7 Å². The molecule has 2 N–H and O–H groups in total. The number of thioether (sulfide) groups is 1. The van der Waals surface area contributed by atoms with Gasteiger partial charge in [-0.05, 0) is 12.8 Å². The van der Waals surface area contributed by atoms with E-state index < -0.39 is 0 Å². The molecule has 2 aliphatic rings. The molecule has 0 aliphatic carbocycles. The zero-order valence-corrected chi connectivity index (χ0v) is 12.3. The lowest BCUT2D eigenvalue weighted by Crippen LogP contribution is -2.50. The summed E-state index contributed by atoms with van der Waals surface area (Å²) >= 11 is 1.98. The van der Waals surface area contributed by atoms with Crippen LogP contribution >= 0.6 is 11.8 Å². The van der Waals surface area contributed by atoms with Crippen LogP contribution < -0.4 is 5.73 Å². The Morgan fingerprint density at radius 3 is 2.33 bits per heavy atom. The van der Waals surface area contributed by atoms with Crippen molar-refractivity contribution in [3.05, 3.63) is 0 Å². The maximum absolute atomic E-state index is 12.3. The lowest BCUT2D eigenvalue weighted by molar-refractivity contribution is -0.132. The van der Waals surface area contributed by atoms with Gasteiger partial charge < -0.3 is 10.6 Å². The van der Waals surface area contributed by atoms with Crippen molar-refractivity contribution >= 4 is 17.7 Å². The van der Waals surface area contributed by atoms with Crippen molar-refractivity contribution in [3.8, 4) is 0 Å². The van der Waals surface area contributed by atoms with E-state index in [2.05, 4.69) is 18.7 Å². The van der Waals surface area contributed by atoms with Crippen LogP contribution in [0, 0.1) is 0 Å². The van der Waals surface area contributed by atoms with Crippen molar-refractivity contribution in [3.63, 3.8) is 0 Å². The lowest BCUT2D eigenvalue weighted by atomic mass is 10.1. The molecule has 4 nitrogen and oxygen atoms in total. The molecule has 104 valence electrons. The van der Waals surface area contributed by atoms with Crippen molar-refractivity contribution in [1.82, 2.24) is 9.80 Å². The van der Waals surface area contributed by atoms with E-state index in [0.29, 0.717) is 29.0 Å². The van der Waals surface area contributed by atoms with E-state index in [0.717, 1.165) is 39.0 Å². The van der Waals surface area contributed by atoms with Gasteiger partial charge in [-0.25, -0.2) is 0 Å². The molecule has 0 aromatic carbocycles. The number of carbonyl (C=O) groups is 1. The normalized spacial score (nSPS) is 31.6. The number of nitrogens with zero attached hydrogens (tertiary/aromatic N) is 2. The summed E-state index contributed by atoms with van der Waals surface area (Å²) in [5.74, 6) is 0.296. The van der Waals surface area contributed by atoms with Crippen LogP contribution in [0.15, 0.2) is 0 Å². The summed E-state index contributed by atoms with van der Waals surface area (Å²) in [5.41, 5.74) is 5.88. The fraction of sp³-hybridized carbons (Fsp3) is 0.923. The Kier molecular flexibility index (Phi) is 4.92. The van der Waals surface area contributed by atoms with Gasteiger partial charge in [0.05, 0.1) is 6.54 Å². The number of amides is 1. The van der Waals surface area contributed by atoms with Crippen molar-refractivity contribution in [1.29, 1.82) is 0 Å². The van der Waals surface area contributed by atoms with Gasteiger partial charge in [0.25, 0.3) is 0 Å². The molecule has 2 unspecified atom stereocenters. The molecule has 2 fully saturated rings. The molecule has 0 radical (unpaired) electrons. The fourth-order valence-corrected chi connectivity index (χ4v) is 4.11. The van der Waals surface area contributed by atoms with Crippen LogP contribution in [0.2, 0.25) is 0 Å². The van der Waals surface area contributed by atoms with Crippen LogP contribution in [0.25, 0.3) is 0 Å². The van der Waals surface area contributed by atoms with Gasteiger partial charge in [0, 0.05) is 42.7 Å². The van der Waals surface area contributed by atoms with E-state index >= 15 is 0 Å². The molecule has 2 aliphatic heterocycles. The van der Waals surface area contributed by atoms with Gasteiger partial charge in [-0.1, -0.05) is 13.8 Å². The molecule has 0 spiro atoms. The molecule has 2 saturated heterocycles. The summed E-state index contributed by atoms with van der Waals surface area (Å²) in [6.45, 7) is 8.75. The first-order valence-corrected chi connectivity index (χ1v) is 7.90. The SMILES string of the molecule is CC1CN(C(=O)CN2CCC(N)CC2)CC(C)S1. The first kappa shape index (κ1) is 14.2. The molecule has 0 bridgehead atoms. The number of likely N-dealkylation sites (tertiary alicyclic amines) is 1. The highest BCUT2D eigenvalue weighted by Gasteiger charge is 2.27. The Balaban J connectivity index is 1.80. The predicted octanol–water partition coefficient (Wildman–Crippen LogP) is 0.762. The van der Waals surface area contributed by atoms with Crippen LogP contribution in [0.1, 0.15) is 26.7 Å². The zero-order valence-electron chi connectivity index (χ0n) is 11.5. The van der Waals surface area contributed by atoms with Gasteiger partial charge in [-0.2, -0.15) is 11.8 Å². The molecule has 2 atom stereocenters. The first-order chi connectivity index (χ1) is 8.54. The summed E-state index contributed by atoms with van der Waals surface area (Å²) in [7, 11) is 0. The predicted molar refractivity (Wildman–Crippen MR) is 76.7 cm³/mol. The number of rotatable bonds is 2. The van der Waals surface area contributed by atoms with Crippen LogP contribution in [-0.2, 0) is 4.79 Å². The standard InChI is InChI=1S/C13H25N3OS/c1-10-7-16(8-11(2)18-10)13(17)9-15-5-3-12(14)4-6-15/h10-12H,3-9,14H2,1-2H3. The Bertz CT molecular complexity index is 282. The number of carbonyl (C=O) groups excluding carboxylic acids is 1. The smallest absolute Gasteiger partial charge is 0.236 e. The second-order valence-electron chi connectivity index (χ2n) is 5.67. The Morgan fingerprint density at radius 1 is 1.22 bits per heavy atom. The van der Waals surface area contributed by atoms with E-state index in [-0.39, 0.29) is 0 Å². The monoisotopic (exact) mass is 271 g/mol. The zero-order chi connectivity index (χ0) is 13.1. The van der Waals surface area contributed by atoms with Crippen LogP contribution in [-0.4, -0.2) is 65.0 Å². The number of hydrogen-bond donors (Lipinski definition) is 1. The third-order valence-corrected chi connectivity index (χ3v) is 4.99. The minimum atomic E-state index is 0.296. The molecular formula is C13H25N3OS. The molecular weight excluding hydrogens is 246 g/mol. The maximum Gasteiger partial charge on any atom is 0.236 e. The number of nitrogens with two attached hydrogens (primary N) is 1. The summed E-state index contributed by atoms with van der Waals surface area (Å²) in [4.78, 5) is 16.6. The summed E-state index contributed by atoms with van der Waals surface area (Å²) in [6.07, 6.45) is 2.05. The van der Waals surface area contributed by atoms with E-state index in [1.54, 1.807) is 0 Å². The highest BCUT2D eigenvalue weighted by molar-refractivity contribution is 8.00. The van der Waals surface area contributed by atoms with Crippen LogP contribution in [0.4, 0.5) is 0 Å². The molecule has 0 saturated carbocycles. The van der Waals surface area contributed by atoms with Crippen molar-refractivity contribution in [2.24, 2.45) is 5.73 Å². The molecule has 0 aromatic heterocycles. The van der Waals surface area contributed by atoms with E-state index in [9.17, 15) is 4.79 Å². The molecule has 2 rings (SSSR count). The van der Waals surface area contributed by atoms with Crippen molar-refractivity contribution in [2.75, 3.05) is 32.7 Å². The van der Waals surface area contributed by atoms with Crippen molar-refractivity contribution in [2.45, 2.75) is 43.2 Å². The van der Waals surface area contributed by atoms with Gasteiger partial charge in [-0.3, -0.25) is 9.69 Å². The van der Waals surface area contributed by atoms with Gasteiger partial charge in [0.15, 0.2) is 0 Å². The van der Waals surface area contributed by atoms with Crippen LogP contribution in [0.3, 0.4) is 0 Å². The van der Waals surface area contributed by atoms with E-state index in [4.69, 9.17) is 5.73 Å². The first-order valence-electron chi connectivity index (χ1n) is 6.95. The molecule has 2 heterocycles. The second-order valence-corrected chi connectivity index (χ2v) is 7.55.